The molecule has 16 heavy (non-hydrogen) atoms. The van der Waals surface area contributed by atoms with Gasteiger partial charge in [0.1, 0.15) is 0 Å². The van der Waals surface area contributed by atoms with Gasteiger partial charge >= 0.3 is 0 Å². The maximum Gasteiger partial charge on any atom is 0.228 e. The number of rotatable bonds is 2. The Morgan fingerprint density at radius 2 is 2.50 bits per heavy atom. The van der Waals surface area contributed by atoms with E-state index in [-0.39, 0.29) is 5.91 Å². The third-order valence-electron chi connectivity index (χ3n) is 3.01. The van der Waals surface area contributed by atoms with Gasteiger partial charge in [-0.25, -0.2) is 4.98 Å². The molecule has 1 atom stereocenters. The molecule has 1 aromatic heterocycles. The number of aryl methyl sites for hydroxylation is 1. The zero-order valence-electron chi connectivity index (χ0n) is 9.90. The van der Waals surface area contributed by atoms with E-state index >= 15 is 0 Å². The number of nitrogens with zero attached hydrogens (tertiary/aromatic N) is 2. The standard InChI is InChI=1S/C12H18N2OS/c1-9-4-3-5-14(7-9)12(15)6-11-8-16-10(2)13-11/h8-9H,3-7H2,1-2H3/t9-/m1/s1. The van der Waals surface area contributed by atoms with Crippen molar-refractivity contribution in [2.24, 2.45) is 5.92 Å². The van der Waals surface area contributed by atoms with E-state index in [4.69, 9.17) is 0 Å². The van der Waals surface area contributed by atoms with Crippen LogP contribution in [-0.4, -0.2) is 28.9 Å². The van der Waals surface area contributed by atoms with Crippen LogP contribution in [0.1, 0.15) is 30.5 Å². The van der Waals surface area contributed by atoms with Crippen LogP contribution in [0, 0.1) is 12.8 Å². The number of likely N-dealkylation sites (tertiary alicyclic amines) is 1. The average Bonchev–Trinajstić information content (AvgIpc) is 2.64. The molecule has 1 fully saturated rings. The first-order chi connectivity index (χ1) is 7.65. The lowest BCUT2D eigenvalue weighted by atomic mass is 10.00. The lowest BCUT2D eigenvalue weighted by Gasteiger charge is -2.30. The number of hydrogen-bond donors (Lipinski definition) is 0. The van der Waals surface area contributed by atoms with Gasteiger partial charge in [0.25, 0.3) is 0 Å². The van der Waals surface area contributed by atoms with Gasteiger partial charge in [0.15, 0.2) is 0 Å². The van der Waals surface area contributed by atoms with Gasteiger partial charge in [0.05, 0.1) is 17.1 Å². The molecule has 0 aromatic carbocycles. The second-order valence-corrected chi connectivity index (χ2v) is 5.68. The van der Waals surface area contributed by atoms with Crippen LogP contribution in [-0.2, 0) is 11.2 Å². The van der Waals surface area contributed by atoms with Crippen LogP contribution >= 0.6 is 11.3 Å². The normalized spacial score (nSPS) is 21.1. The van der Waals surface area contributed by atoms with Crippen molar-refractivity contribution in [2.45, 2.75) is 33.1 Å². The molecule has 0 bridgehead atoms. The highest BCUT2D eigenvalue weighted by Gasteiger charge is 2.21. The zero-order chi connectivity index (χ0) is 11.5. The predicted molar refractivity (Wildman–Crippen MR) is 65.5 cm³/mol. The summed E-state index contributed by atoms with van der Waals surface area (Å²) in [5, 5.41) is 3.02. The fraction of sp³-hybridized carbons (Fsp3) is 0.667. The zero-order valence-corrected chi connectivity index (χ0v) is 10.7. The summed E-state index contributed by atoms with van der Waals surface area (Å²) in [4.78, 5) is 18.3. The van der Waals surface area contributed by atoms with E-state index in [1.54, 1.807) is 11.3 Å². The first kappa shape index (κ1) is 11.6. The largest absolute Gasteiger partial charge is 0.342 e. The van der Waals surface area contributed by atoms with Crippen LogP contribution in [0.15, 0.2) is 5.38 Å². The van der Waals surface area contributed by atoms with Crippen LogP contribution in [0.4, 0.5) is 0 Å². The predicted octanol–water partition coefficient (Wildman–Crippen LogP) is 2.25. The van der Waals surface area contributed by atoms with Gasteiger partial charge in [-0.05, 0) is 25.7 Å². The number of amides is 1. The summed E-state index contributed by atoms with van der Waals surface area (Å²) in [7, 11) is 0. The highest BCUT2D eigenvalue weighted by Crippen LogP contribution is 2.17. The quantitative estimate of drug-likeness (QED) is 0.791. The van der Waals surface area contributed by atoms with E-state index in [1.165, 1.54) is 6.42 Å². The second kappa shape index (κ2) is 4.95. The van der Waals surface area contributed by atoms with Gasteiger partial charge < -0.3 is 4.90 Å². The average molecular weight is 238 g/mol. The van der Waals surface area contributed by atoms with Gasteiger partial charge in [0.2, 0.25) is 5.91 Å². The molecule has 0 spiro atoms. The Balaban J connectivity index is 1.92. The summed E-state index contributed by atoms with van der Waals surface area (Å²) in [5.74, 6) is 0.881. The molecule has 1 saturated heterocycles. The summed E-state index contributed by atoms with van der Waals surface area (Å²) >= 11 is 1.61. The second-order valence-electron chi connectivity index (χ2n) is 4.62. The lowest BCUT2D eigenvalue weighted by Crippen LogP contribution is -2.39. The van der Waals surface area contributed by atoms with Crippen molar-refractivity contribution >= 4 is 17.2 Å². The van der Waals surface area contributed by atoms with Crippen molar-refractivity contribution in [1.29, 1.82) is 0 Å². The number of aromatic nitrogens is 1. The molecule has 2 heterocycles. The molecule has 1 aliphatic rings. The van der Waals surface area contributed by atoms with Crippen molar-refractivity contribution < 1.29 is 4.79 Å². The molecule has 88 valence electrons. The van der Waals surface area contributed by atoms with Crippen molar-refractivity contribution in [2.75, 3.05) is 13.1 Å². The van der Waals surface area contributed by atoms with Gasteiger partial charge in [-0.1, -0.05) is 6.92 Å². The third-order valence-corrected chi connectivity index (χ3v) is 3.83. The molecule has 2 rings (SSSR count). The Morgan fingerprint density at radius 3 is 3.12 bits per heavy atom. The highest BCUT2D eigenvalue weighted by molar-refractivity contribution is 7.09. The third kappa shape index (κ3) is 2.82. The molecule has 0 aliphatic carbocycles. The maximum atomic E-state index is 12.0. The number of carbonyl (C=O) groups is 1. The van der Waals surface area contributed by atoms with Crippen LogP contribution < -0.4 is 0 Å². The van der Waals surface area contributed by atoms with Crippen LogP contribution in [0.2, 0.25) is 0 Å². The molecular formula is C12H18N2OS. The maximum absolute atomic E-state index is 12.0. The molecule has 4 heteroatoms. The number of thiazole rings is 1. The highest BCUT2D eigenvalue weighted by atomic mass is 32.1. The van der Waals surface area contributed by atoms with E-state index in [0.29, 0.717) is 12.3 Å². The Hall–Kier alpha value is -0.900. The van der Waals surface area contributed by atoms with Gasteiger partial charge in [-0.15, -0.1) is 11.3 Å². The van der Waals surface area contributed by atoms with Gasteiger partial charge in [-0.3, -0.25) is 4.79 Å². The Morgan fingerprint density at radius 1 is 1.69 bits per heavy atom. The Labute approximate surface area is 100 Å². The minimum atomic E-state index is 0.233. The number of piperidine rings is 1. The number of hydrogen-bond acceptors (Lipinski definition) is 3. The van der Waals surface area contributed by atoms with Gasteiger partial charge in [-0.2, -0.15) is 0 Å². The molecule has 0 unspecified atom stereocenters. The van der Waals surface area contributed by atoms with Crippen LogP contribution in [0.3, 0.4) is 0 Å². The Kier molecular flexibility index (Phi) is 3.59. The topological polar surface area (TPSA) is 33.2 Å². The van der Waals surface area contributed by atoms with Crippen LogP contribution in [0.5, 0.6) is 0 Å². The van der Waals surface area contributed by atoms with E-state index in [0.717, 1.165) is 30.2 Å². The summed E-state index contributed by atoms with van der Waals surface area (Å²) in [6.45, 7) is 6.03. The minimum absolute atomic E-state index is 0.233. The molecule has 1 aromatic rings. The summed E-state index contributed by atoms with van der Waals surface area (Å²) in [6.07, 6.45) is 2.86. The monoisotopic (exact) mass is 238 g/mol. The first-order valence-corrected chi connectivity index (χ1v) is 6.72. The lowest BCUT2D eigenvalue weighted by molar-refractivity contribution is -0.132. The van der Waals surface area contributed by atoms with Crippen molar-refractivity contribution in [3.8, 4) is 0 Å². The van der Waals surface area contributed by atoms with Crippen molar-refractivity contribution in [1.82, 2.24) is 9.88 Å². The van der Waals surface area contributed by atoms with Crippen LogP contribution in [0.25, 0.3) is 0 Å². The molecule has 3 nitrogen and oxygen atoms in total. The summed E-state index contributed by atoms with van der Waals surface area (Å²) in [5.41, 5.74) is 0.922. The minimum Gasteiger partial charge on any atom is -0.342 e. The molecule has 0 radical (unpaired) electrons. The van der Waals surface area contributed by atoms with E-state index in [9.17, 15) is 4.79 Å². The van der Waals surface area contributed by atoms with E-state index in [1.807, 2.05) is 17.2 Å². The fourth-order valence-corrected chi connectivity index (χ4v) is 2.78. The molecule has 1 aliphatic heterocycles. The smallest absolute Gasteiger partial charge is 0.228 e. The molecule has 0 N–H and O–H groups in total. The van der Waals surface area contributed by atoms with E-state index in [2.05, 4.69) is 11.9 Å². The molecule has 1 amide bonds. The SMILES string of the molecule is Cc1nc(CC(=O)N2CCC[C@@H](C)C2)cs1. The Bertz CT molecular complexity index is 375. The van der Waals surface area contributed by atoms with Crippen molar-refractivity contribution in [3.63, 3.8) is 0 Å². The first-order valence-electron chi connectivity index (χ1n) is 5.84. The summed E-state index contributed by atoms with van der Waals surface area (Å²) < 4.78 is 0. The van der Waals surface area contributed by atoms with E-state index < -0.39 is 0 Å². The van der Waals surface area contributed by atoms with Crippen molar-refractivity contribution in [3.05, 3.63) is 16.1 Å². The van der Waals surface area contributed by atoms with Gasteiger partial charge in [0, 0.05) is 18.5 Å². The fourth-order valence-electron chi connectivity index (χ4n) is 2.17. The summed E-state index contributed by atoms with van der Waals surface area (Å²) in [6, 6.07) is 0. The number of carbonyl (C=O) groups excluding carboxylic acids is 1. The molecule has 0 saturated carbocycles. The molecular weight excluding hydrogens is 220 g/mol.